The van der Waals surface area contributed by atoms with Crippen LogP contribution in [0.15, 0.2) is 39.9 Å². The predicted octanol–water partition coefficient (Wildman–Crippen LogP) is 3.82. The number of aryl methyl sites for hydroxylation is 1. The quantitative estimate of drug-likeness (QED) is 0.426. The summed E-state index contributed by atoms with van der Waals surface area (Å²) in [6.07, 6.45) is 1.90. The van der Waals surface area contributed by atoms with Crippen LogP contribution in [0.4, 0.5) is 5.13 Å². The van der Waals surface area contributed by atoms with Crippen LogP contribution in [0, 0.1) is 12.8 Å². The summed E-state index contributed by atoms with van der Waals surface area (Å²) in [7, 11) is -3.49. The molecule has 3 aromatic rings. The molecule has 0 aliphatic carbocycles. The van der Waals surface area contributed by atoms with E-state index in [1.165, 1.54) is 21.2 Å². The molecule has 0 bridgehead atoms. The summed E-state index contributed by atoms with van der Waals surface area (Å²) in [5, 5.41) is 2.51. The maximum atomic E-state index is 13.8. The summed E-state index contributed by atoms with van der Waals surface area (Å²) in [4.78, 5) is 22.8. The molecule has 0 N–H and O–H groups in total. The molecule has 2 aliphatic heterocycles. The van der Waals surface area contributed by atoms with Crippen LogP contribution in [0.5, 0.6) is 0 Å². The average molecular weight is 549 g/mol. The first-order valence-corrected chi connectivity index (χ1v) is 15.6. The van der Waals surface area contributed by atoms with Gasteiger partial charge in [0.05, 0.1) is 23.4 Å². The Morgan fingerprint density at radius 3 is 2.67 bits per heavy atom. The molecule has 1 amide bonds. The van der Waals surface area contributed by atoms with Crippen LogP contribution in [0.1, 0.15) is 24.8 Å². The van der Waals surface area contributed by atoms with Gasteiger partial charge in [0.25, 0.3) is 10.0 Å². The standard InChI is InChI=1S/C25H32N4O4S3/c1-19-5-6-21-22(18-19)35-25(26-21)29(10-3-9-27-13-15-33-16-14-27)24(30)20-7-11-28(12-8-20)36(31,32)23-4-2-17-34-23/h2,4-6,17-18,20H,3,7-16H2,1H3. The van der Waals surface area contributed by atoms with Gasteiger partial charge in [0, 0.05) is 45.2 Å². The second kappa shape index (κ2) is 11.2. The molecule has 2 saturated heterocycles. The fraction of sp³-hybridized carbons (Fsp3) is 0.520. The number of thiophene rings is 1. The van der Waals surface area contributed by atoms with Crippen molar-refractivity contribution in [3.63, 3.8) is 0 Å². The number of fused-ring (bicyclic) bond motifs is 1. The minimum atomic E-state index is -3.49. The third-order valence-corrected chi connectivity index (χ3v) is 11.2. The van der Waals surface area contributed by atoms with Crippen LogP contribution in [0.25, 0.3) is 10.2 Å². The van der Waals surface area contributed by atoms with E-state index in [0.717, 1.165) is 54.6 Å². The lowest BCUT2D eigenvalue weighted by atomic mass is 9.96. The Labute approximate surface area is 220 Å². The van der Waals surface area contributed by atoms with Gasteiger partial charge in [-0.2, -0.15) is 4.31 Å². The van der Waals surface area contributed by atoms with E-state index in [0.29, 0.717) is 36.7 Å². The van der Waals surface area contributed by atoms with E-state index in [1.54, 1.807) is 28.8 Å². The maximum Gasteiger partial charge on any atom is 0.252 e. The predicted molar refractivity (Wildman–Crippen MR) is 144 cm³/mol. The van der Waals surface area contributed by atoms with Gasteiger partial charge in [0.15, 0.2) is 5.13 Å². The van der Waals surface area contributed by atoms with Gasteiger partial charge in [0.1, 0.15) is 4.21 Å². The number of carbonyl (C=O) groups excluding carboxylic acids is 1. The molecule has 5 rings (SSSR count). The van der Waals surface area contributed by atoms with Gasteiger partial charge in [-0.1, -0.05) is 23.5 Å². The van der Waals surface area contributed by atoms with Crippen molar-refractivity contribution in [2.24, 2.45) is 5.92 Å². The first-order valence-electron chi connectivity index (χ1n) is 12.4. The van der Waals surface area contributed by atoms with Crippen molar-refractivity contribution >= 4 is 54.0 Å². The largest absolute Gasteiger partial charge is 0.379 e. The smallest absolute Gasteiger partial charge is 0.252 e. The number of amides is 1. The lowest BCUT2D eigenvalue weighted by Crippen LogP contribution is -2.45. The number of sulfonamides is 1. The molecule has 2 aliphatic rings. The summed E-state index contributed by atoms with van der Waals surface area (Å²) in [5.41, 5.74) is 2.07. The number of benzene rings is 1. The Hall–Kier alpha value is -1.89. The number of piperidine rings is 1. The van der Waals surface area contributed by atoms with Crippen molar-refractivity contribution in [2.75, 3.05) is 57.4 Å². The molecule has 0 radical (unpaired) electrons. The van der Waals surface area contributed by atoms with Gasteiger partial charge in [0.2, 0.25) is 5.91 Å². The number of morpholine rings is 1. The third kappa shape index (κ3) is 5.66. The van der Waals surface area contributed by atoms with Crippen molar-refractivity contribution in [1.29, 1.82) is 0 Å². The highest BCUT2D eigenvalue weighted by atomic mass is 32.2. The highest BCUT2D eigenvalue weighted by Crippen LogP contribution is 2.33. The van der Waals surface area contributed by atoms with Crippen LogP contribution in [0.3, 0.4) is 0 Å². The fourth-order valence-corrected chi connectivity index (χ4v) is 8.52. The number of aromatic nitrogens is 1. The Bertz CT molecular complexity index is 1280. The van der Waals surface area contributed by atoms with E-state index in [4.69, 9.17) is 9.72 Å². The van der Waals surface area contributed by atoms with E-state index in [-0.39, 0.29) is 11.8 Å². The molecule has 36 heavy (non-hydrogen) atoms. The summed E-state index contributed by atoms with van der Waals surface area (Å²) in [5.74, 6) is -0.155. The van der Waals surface area contributed by atoms with E-state index in [1.807, 2.05) is 17.0 Å². The van der Waals surface area contributed by atoms with Gasteiger partial charge in [-0.05, 0) is 55.3 Å². The zero-order valence-electron chi connectivity index (χ0n) is 20.5. The summed E-state index contributed by atoms with van der Waals surface area (Å²) < 4.78 is 34.2. The maximum absolute atomic E-state index is 13.8. The monoisotopic (exact) mass is 548 g/mol. The third-order valence-electron chi connectivity index (χ3n) is 6.88. The number of thiazole rings is 1. The fourth-order valence-electron chi connectivity index (χ4n) is 4.81. The first-order chi connectivity index (χ1) is 17.4. The Kier molecular flexibility index (Phi) is 8.04. The van der Waals surface area contributed by atoms with Crippen molar-refractivity contribution in [3.8, 4) is 0 Å². The number of hydrogen-bond acceptors (Lipinski definition) is 8. The second-order valence-corrected chi connectivity index (χ2v) is 13.5. The number of ether oxygens (including phenoxy) is 1. The van der Waals surface area contributed by atoms with Gasteiger partial charge < -0.3 is 4.74 Å². The minimum Gasteiger partial charge on any atom is -0.379 e. The van der Waals surface area contributed by atoms with E-state index >= 15 is 0 Å². The molecule has 0 saturated carbocycles. The molecule has 194 valence electrons. The molecule has 0 unspecified atom stereocenters. The molecule has 1 aromatic carbocycles. The van der Waals surface area contributed by atoms with Crippen molar-refractivity contribution in [1.82, 2.24) is 14.2 Å². The minimum absolute atomic E-state index is 0.0564. The van der Waals surface area contributed by atoms with Crippen LogP contribution in [0.2, 0.25) is 0 Å². The van der Waals surface area contributed by atoms with E-state index in [9.17, 15) is 13.2 Å². The Morgan fingerprint density at radius 2 is 1.94 bits per heavy atom. The lowest BCUT2D eigenvalue weighted by Gasteiger charge is -2.33. The van der Waals surface area contributed by atoms with Crippen LogP contribution >= 0.6 is 22.7 Å². The van der Waals surface area contributed by atoms with Gasteiger partial charge in [-0.3, -0.25) is 14.6 Å². The van der Waals surface area contributed by atoms with Crippen LogP contribution in [-0.2, 0) is 19.6 Å². The SMILES string of the molecule is Cc1ccc2nc(N(CCCN3CCOCC3)C(=O)C3CCN(S(=O)(=O)c4cccs4)CC3)sc2c1. The van der Waals surface area contributed by atoms with Crippen LogP contribution < -0.4 is 4.90 Å². The molecule has 0 atom stereocenters. The number of rotatable bonds is 8. The van der Waals surface area contributed by atoms with Crippen molar-refractivity contribution in [3.05, 3.63) is 41.3 Å². The van der Waals surface area contributed by atoms with Crippen molar-refractivity contribution < 1.29 is 17.9 Å². The van der Waals surface area contributed by atoms with Crippen molar-refractivity contribution in [2.45, 2.75) is 30.4 Å². The zero-order valence-corrected chi connectivity index (χ0v) is 22.9. The zero-order chi connectivity index (χ0) is 25.1. The van der Waals surface area contributed by atoms with Gasteiger partial charge in [-0.15, -0.1) is 11.3 Å². The first kappa shape index (κ1) is 25.7. The number of carbonyl (C=O) groups is 1. The molecular weight excluding hydrogens is 517 g/mol. The molecule has 11 heteroatoms. The summed E-state index contributed by atoms with van der Waals surface area (Å²) in [6.45, 7) is 7.64. The Balaban J connectivity index is 1.29. The van der Waals surface area contributed by atoms with Crippen LogP contribution in [-0.4, -0.2) is 81.0 Å². The molecule has 0 spiro atoms. The molecule has 4 heterocycles. The Morgan fingerprint density at radius 1 is 1.17 bits per heavy atom. The van der Waals surface area contributed by atoms with Gasteiger partial charge >= 0.3 is 0 Å². The molecular formula is C25H32N4O4S3. The van der Waals surface area contributed by atoms with E-state index < -0.39 is 10.0 Å². The number of anilines is 1. The average Bonchev–Trinajstić information content (AvgIpc) is 3.58. The number of hydrogen-bond donors (Lipinski definition) is 0. The normalized spacial score (nSPS) is 18.6. The highest BCUT2D eigenvalue weighted by Gasteiger charge is 2.35. The molecule has 2 aromatic heterocycles. The summed E-state index contributed by atoms with van der Waals surface area (Å²) >= 11 is 2.79. The van der Waals surface area contributed by atoms with Gasteiger partial charge in [-0.25, -0.2) is 13.4 Å². The second-order valence-electron chi connectivity index (χ2n) is 9.38. The lowest BCUT2D eigenvalue weighted by molar-refractivity contribution is -0.123. The van der Waals surface area contributed by atoms with E-state index in [2.05, 4.69) is 17.9 Å². The highest BCUT2D eigenvalue weighted by molar-refractivity contribution is 7.91. The molecule has 8 nitrogen and oxygen atoms in total. The topological polar surface area (TPSA) is 83.1 Å². The summed E-state index contributed by atoms with van der Waals surface area (Å²) in [6, 6.07) is 9.56. The number of nitrogens with zero attached hydrogens (tertiary/aromatic N) is 4. The molecule has 2 fully saturated rings.